The Morgan fingerprint density at radius 1 is 0.979 bits per heavy atom. The Kier molecular flexibility index (Phi) is 13.5. The fraction of sp³-hybridized carbons (Fsp3) is 0.905. The lowest BCUT2D eigenvalue weighted by Crippen LogP contribution is -2.50. The fourth-order valence-corrected chi connectivity index (χ4v) is 14.1. The van der Waals surface area contributed by atoms with Gasteiger partial charge in [-0.05, 0) is 124 Å². The molecule has 4 aliphatic carbocycles. The van der Waals surface area contributed by atoms with Gasteiger partial charge in [-0.25, -0.2) is 0 Å². The van der Waals surface area contributed by atoms with E-state index in [0.717, 1.165) is 66.9 Å². The van der Waals surface area contributed by atoms with E-state index in [-0.39, 0.29) is 18.8 Å². The molecule has 48 heavy (non-hydrogen) atoms. The van der Waals surface area contributed by atoms with Crippen molar-refractivity contribution >= 4 is 33.3 Å². The minimum Gasteiger partial charge on any atom is -0.391 e. The summed E-state index contributed by atoms with van der Waals surface area (Å²) in [4.78, 5) is 26.8. The normalized spacial score (nSPS) is 37.1. The number of nitrogens with zero attached hydrogens (tertiary/aromatic N) is 1. The largest absolute Gasteiger partial charge is 0.391 e. The zero-order chi connectivity index (χ0) is 35.2. The molecular formula is C42H71NO3S2. The predicted molar refractivity (Wildman–Crippen MR) is 206 cm³/mol. The molecule has 3 saturated carbocycles. The van der Waals surface area contributed by atoms with E-state index < -0.39 is 6.10 Å². The van der Waals surface area contributed by atoms with Gasteiger partial charge in [0.15, 0.2) is 0 Å². The van der Waals surface area contributed by atoms with E-state index in [1.165, 1.54) is 70.6 Å². The van der Waals surface area contributed by atoms with Crippen LogP contribution in [0.15, 0.2) is 11.6 Å². The third-order valence-electron chi connectivity index (χ3n) is 14.2. The number of hydrogen-bond acceptors (Lipinski definition) is 5. The molecule has 3 unspecified atom stereocenters. The maximum absolute atomic E-state index is 12.6. The summed E-state index contributed by atoms with van der Waals surface area (Å²) in [6, 6.07) is -0.127. The molecule has 0 bridgehead atoms. The van der Waals surface area contributed by atoms with E-state index in [4.69, 9.17) is 1.37 Å². The number of ketones is 1. The van der Waals surface area contributed by atoms with Crippen molar-refractivity contribution in [3.63, 3.8) is 0 Å². The van der Waals surface area contributed by atoms with Gasteiger partial charge in [0.05, 0.1) is 6.10 Å². The van der Waals surface area contributed by atoms with Gasteiger partial charge in [-0.2, -0.15) is 0 Å². The third kappa shape index (κ3) is 9.12. The highest BCUT2D eigenvalue weighted by Crippen LogP contribution is 2.67. The van der Waals surface area contributed by atoms with Crippen LogP contribution < -0.4 is 0 Å². The van der Waals surface area contributed by atoms with Gasteiger partial charge in [0.2, 0.25) is 5.91 Å². The molecule has 1 aliphatic heterocycles. The van der Waals surface area contributed by atoms with E-state index in [1.807, 2.05) is 10.8 Å². The van der Waals surface area contributed by atoms with Crippen LogP contribution in [0.2, 0.25) is 0 Å². The Bertz CT molecular complexity index is 1130. The number of carbonyl (C=O) groups excluding carboxylic acids is 2. The topological polar surface area (TPSA) is 57.6 Å². The van der Waals surface area contributed by atoms with Crippen molar-refractivity contribution in [3.05, 3.63) is 11.6 Å². The summed E-state index contributed by atoms with van der Waals surface area (Å²) < 4.78 is 7.62. The second-order valence-corrected chi connectivity index (χ2v) is 20.7. The molecule has 6 heteroatoms. The minimum atomic E-state index is -0.477. The van der Waals surface area contributed by atoms with E-state index >= 15 is 0 Å². The lowest BCUT2D eigenvalue weighted by Gasteiger charge is -2.58. The summed E-state index contributed by atoms with van der Waals surface area (Å²) >= 11 is 0. The Hall–Kier alpha value is -0.460. The molecule has 4 nitrogen and oxygen atoms in total. The number of rotatable bonds is 17. The highest BCUT2D eigenvalue weighted by molar-refractivity contribution is 8.76. The predicted octanol–water partition coefficient (Wildman–Crippen LogP) is 11.1. The monoisotopic (exact) mass is 703 g/mol. The molecule has 0 spiro atoms. The van der Waals surface area contributed by atoms with Crippen LogP contribution in [0.3, 0.4) is 0 Å². The number of allylic oxidation sites excluding steroid dienone is 2. The fourth-order valence-electron chi connectivity index (χ4n) is 11.5. The summed E-state index contributed by atoms with van der Waals surface area (Å²) in [6.07, 6.45) is 23.7. The number of aliphatic hydroxyl groups excluding tert-OH is 1. The third-order valence-corrected chi connectivity index (χ3v) is 17.1. The van der Waals surface area contributed by atoms with Crippen LogP contribution >= 0.6 is 21.6 Å². The number of carbonyl (C=O) groups is 2. The van der Waals surface area contributed by atoms with Gasteiger partial charge >= 0.3 is 0 Å². The molecule has 0 radical (unpaired) electrons. The second-order valence-electron chi connectivity index (χ2n) is 17.9. The summed E-state index contributed by atoms with van der Waals surface area (Å²) in [5, 5.41) is 10.5. The lowest BCUT2D eigenvalue weighted by atomic mass is 9.47. The van der Waals surface area contributed by atoms with E-state index in [9.17, 15) is 14.7 Å². The molecule has 1 heterocycles. The van der Waals surface area contributed by atoms with Crippen molar-refractivity contribution in [1.82, 2.24) is 4.90 Å². The van der Waals surface area contributed by atoms with Crippen LogP contribution in [-0.4, -0.2) is 51.4 Å². The molecule has 4 fully saturated rings. The smallest absolute Gasteiger partial charge is 0.222 e. The second kappa shape index (κ2) is 17.4. The maximum atomic E-state index is 12.6. The molecular weight excluding hydrogens is 631 g/mol. The summed E-state index contributed by atoms with van der Waals surface area (Å²) in [5.74, 6) is 6.74. The SMILES string of the molecule is [3H]C[C@@H]1C[C@@H](O)CN1C(=O)CCCCCCC(=O)CCSS[C@H]1CC[C@@]2(C)C(=CCC3C2CC[C@@]2(C)C3CC[C@@H]2[C@H](C)CCCC(C)C)C1. The van der Waals surface area contributed by atoms with Gasteiger partial charge in [0.1, 0.15) is 5.78 Å². The molecule has 1 amide bonds. The summed E-state index contributed by atoms with van der Waals surface area (Å²) in [7, 11) is 3.99. The van der Waals surface area contributed by atoms with Crippen LogP contribution in [-0.2, 0) is 9.59 Å². The number of unbranched alkanes of at least 4 members (excludes halogenated alkanes) is 3. The highest BCUT2D eigenvalue weighted by atomic mass is 33.1. The molecule has 274 valence electrons. The first-order valence-electron chi connectivity index (χ1n) is 20.9. The van der Waals surface area contributed by atoms with Crippen molar-refractivity contribution < 1.29 is 16.1 Å². The minimum absolute atomic E-state index is 0.0718. The summed E-state index contributed by atoms with van der Waals surface area (Å²) in [6.45, 7) is 13.2. The maximum Gasteiger partial charge on any atom is 0.222 e. The number of aliphatic hydroxyl groups is 1. The molecule has 10 atom stereocenters. The number of likely N-dealkylation sites (tertiary alicyclic amines) is 1. The van der Waals surface area contributed by atoms with Crippen LogP contribution in [0.1, 0.15) is 165 Å². The Labute approximate surface area is 304 Å². The molecule has 0 aromatic heterocycles. The zero-order valence-electron chi connectivity index (χ0n) is 32.4. The first-order valence-corrected chi connectivity index (χ1v) is 22.6. The first kappa shape index (κ1) is 37.3. The highest BCUT2D eigenvalue weighted by Gasteiger charge is 2.59. The van der Waals surface area contributed by atoms with Crippen LogP contribution in [0, 0.1) is 46.3 Å². The van der Waals surface area contributed by atoms with Crippen molar-refractivity contribution in [2.45, 2.75) is 181 Å². The number of β-amino-alcohol motifs (C(OH)–C–C–N with tert-alkyl or cyclic N) is 1. The van der Waals surface area contributed by atoms with Gasteiger partial charge in [-0.3, -0.25) is 9.59 Å². The van der Waals surface area contributed by atoms with Gasteiger partial charge in [0, 0.05) is 44.2 Å². The number of Topliss-reactive ketones (excluding diaryl/α,β-unsaturated/α-hetero) is 1. The zero-order valence-corrected chi connectivity index (χ0v) is 33.0. The number of fused-ring (bicyclic) bond motifs is 5. The van der Waals surface area contributed by atoms with Crippen molar-refractivity contribution in [3.8, 4) is 0 Å². The van der Waals surface area contributed by atoms with E-state index in [1.54, 1.807) is 10.5 Å². The molecule has 1 N–H and O–H groups in total. The van der Waals surface area contributed by atoms with Crippen LogP contribution in [0.25, 0.3) is 0 Å². The summed E-state index contributed by atoms with van der Waals surface area (Å²) in [5.41, 5.74) is 2.76. The van der Waals surface area contributed by atoms with Gasteiger partial charge in [-0.15, -0.1) is 0 Å². The standard InChI is InChI=1S/C42H71NO3S2/c1-29(2)12-11-13-30(3)37-18-19-38-36-17-16-32-27-35(20-23-41(32,5)39(36)21-24-42(37,38)6)48-47-25-22-33(44)14-9-7-8-10-15-40(46)43-28-34(45)26-31(43)4/h16,29-31,34-39,45H,7-15,17-28H2,1-6H3/t30-,31-,34-,35+,36?,37-,38?,39?,41+,42-/m1/s1/i4T. The van der Waals surface area contributed by atoms with E-state index in [0.29, 0.717) is 54.1 Å². The molecule has 0 aromatic carbocycles. The number of amides is 1. The van der Waals surface area contributed by atoms with Gasteiger partial charge in [0.25, 0.3) is 0 Å². The average molecular weight is 704 g/mol. The van der Waals surface area contributed by atoms with Gasteiger partial charge < -0.3 is 10.0 Å². The van der Waals surface area contributed by atoms with Crippen LogP contribution in [0.4, 0.5) is 0 Å². The average Bonchev–Trinajstić information content (AvgIpc) is 3.63. The molecule has 5 aliphatic rings. The molecule has 5 rings (SSSR count). The molecule has 0 aromatic rings. The quantitative estimate of drug-likeness (QED) is 0.0928. The van der Waals surface area contributed by atoms with Crippen molar-refractivity contribution in [2.75, 3.05) is 12.3 Å². The van der Waals surface area contributed by atoms with Gasteiger partial charge in [-0.1, -0.05) is 100.0 Å². The Balaban J connectivity index is 0.970. The Morgan fingerprint density at radius 2 is 1.77 bits per heavy atom. The first-order chi connectivity index (χ1) is 23.5. The van der Waals surface area contributed by atoms with Crippen molar-refractivity contribution in [1.29, 1.82) is 0 Å². The lowest BCUT2D eigenvalue weighted by molar-refractivity contribution is -0.132. The Morgan fingerprint density at radius 3 is 2.54 bits per heavy atom. The van der Waals surface area contributed by atoms with Crippen molar-refractivity contribution in [2.24, 2.45) is 46.3 Å². The van der Waals surface area contributed by atoms with E-state index in [2.05, 4.69) is 51.5 Å². The van der Waals surface area contributed by atoms with Crippen LogP contribution in [0.5, 0.6) is 0 Å². The molecule has 1 saturated heterocycles. The number of hydrogen-bond donors (Lipinski definition) is 1.